The van der Waals surface area contributed by atoms with E-state index in [-0.39, 0.29) is 5.02 Å². The smallest absolute Gasteiger partial charge is 0.229 e. The largest absolute Gasteiger partial charge is 0.352 e. The second-order valence-corrected chi connectivity index (χ2v) is 10.8. The predicted molar refractivity (Wildman–Crippen MR) is 144 cm³/mol. The molecule has 1 aliphatic heterocycles. The summed E-state index contributed by atoms with van der Waals surface area (Å²) in [4.78, 5) is 13.4. The van der Waals surface area contributed by atoms with E-state index in [1.165, 1.54) is 6.20 Å². The second-order valence-electron chi connectivity index (χ2n) is 8.66. The third-order valence-electron chi connectivity index (χ3n) is 5.82. The Labute approximate surface area is 213 Å². The van der Waals surface area contributed by atoms with Crippen molar-refractivity contribution in [3.05, 3.63) is 53.7 Å². The number of aromatic amines is 1. The number of fused-ring (bicyclic) bond motifs is 1. The summed E-state index contributed by atoms with van der Waals surface area (Å²) in [5.41, 5.74) is 2.57. The number of benzene rings is 2. The molecular weight excluding hydrogens is 502 g/mol. The Kier molecular flexibility index (Phi) is 6.56. The number of nitrogens with zero attached hydrogens (tertiary/aromatic N) is 5. The van der Waals surface area contributed by atoms with Crippen molar-refractivity contribution in [1.29, 1.82) is 0 Å². The van der Waals surface area contributed by atoms with Gasteiger partial charge in [-0.2, -0.15) is 10.1 Å². The van der Waals surface area contributed by atoms with Crippen molar-refractivity contribution < 1.29 is 8.42 Å². The van der Waals surface area contributed by atoms with Crippen LogP contribution < -0.4 is 20.3 Å². The monoisotopic (exact) mass is 527 g/mol. The quantitative estimate of drug-likeness (QED) is 0.284. The minimum Gasteiger partial charge on any atom is -0.352 e. The number of sulfonamides is 1. The first kappa shape index (κ1) is 24.1. The molecule has 0 spiro atoms. The molecule has 2 aromatic heterocycles. The molecule has 0 saturated carbocycles. The molecule has 11 nitrogen and oxygen atoms in total. The van der Waals surface area contributed by atoms with Gasteiger partial charge in [-0.3, -0.25) is 9.82 Å². The molecule has 4 N–H and O–H groups in total. The van der Waals surface area contributed by atoms with Gasteiger partial charge in [-0.05, 0) is 37.4 Å². The van der Waals surface area contributed by atoms with Crippen LogP contribution in [0.5, 0.6) is 0 Å². The van der Waals surface area contributed by atoms with Gasteiger partial charge in [0.05, 0.1) is 29.3 Å². The molecule has 2 aromatic carbocycles. The molecular formula is C23H26ClN9O2S. The van der Waals surface area contributed by atoms with Crippen molar-refractivity contribution in [2.24, 2.45) is 0 Å². The van der Waals surface area contributed by atoms with Crippen LogP contribution in [0.15, 0.2) is 48.7 Å². The highest BCUT2D eigenvalue weighted by atomic mass is 35.5. The molecule has 188 valence electrons. The van der Waals surface area contributed by atoms with Gasteiger partial charge in [0.2, 0.25) is 16.0 Å². The Morgan fingerprint density at radius 2 is 1.78 bits per heavy atom. The number of piperazine rings is 1. The van der Waals surface area contributed by atoms with Gasteiger partial charge in [0.25, 0.3) is 0 Å². The molecule has 5 rings (SSSR count). The first-order chi connectivity index (χ1) is 17.2. The van der Waals surface area contributed by atoms with Gasteiger partial charge in [0.1, 0.15) is 5.02 Å². The lowest BCUT2D eigenvalue weighted by atomic mass is 10.2. The van der Waals surface area contributed by atoms with E-state index < -0.39 is 10.0 Å². The third-order valence-corrected chi connectivity index (χ3v) is 6.69. The summed E-state index contributed by atoms with van der Waals surface area (Å²) >= 11 is 6.32. The van der Waals surface area contributed by atoms with E-state index in [1.54, 1.807) is 24.3 Å². The lowest BCUT2D eigenvalue weighted by Crippen LogP contribution is -2.44. The SMILES string of the molecule is CN1CCN(c2n[nH]c3cc(Nc4ncc(Cl)c(Nc5ccccc5NS(C)(=O)=O)n4)ccc23)CC1. The number of rotatable bonds is 7. The van der Waals surface area contributed by atoms with E-state index in [2.05, 4.69) is 52.4 Å². The van der Waals surface area contributed by atoms with Crippen molar-refractivity contribution in [2.45, 2.75) is 0 Å². The fourth-order valence-electron chi connectivity index (χ4n) is 3.99. The zero-order chi connectivity index (χ0) is 25.3. The number of halogens is 1. The van der Waals surface area contributed by atoms with Crippen LogP contribution in [0.4, 0.5) is 34.6 Å². The molecule has 0 aliphatic carbocycles. The van der Waals surface area contributed by atoms with Crippen molar-refractivity contribution in [3.63, 3.8) is 0 Å². The molecule has 36 heavy (non-hydrogen) atoms. The minimum atomic E-state index is -3.46. The predicted octanol–water partition coefficient (Wildman–Crippen LogP) is 3.62. The maximum absolute atomic E-state index is 11.7. The Balaban J connectivity index is 1.35. The lowest BCUT2D eigenvalue weighted by Gasteiger charge is -2.32. The number of hydrogen-bond acceptors (Lipinski definition) is 9. The highest BCUT2D eigenvalue weighted by Gasteiger charge is 2.19. The van der Waals surface area contributed by atoms with E-state index in [1.807, 2.05) is 18.2 Å². The molecule has 3 heterocycles. The molecule has 0 radical (unpaired) electrons. The topological polar surface area (TPSA) is 131 Å². The molecule has 1 saturated heterocycles. The number of anilines is 6. The first-order valence-corrected chi connectivity index (χ1v) is 13.6. The van der Waals surface area contributed by atoms with E-state index in [0.717, 1.165) is 54.8 Å². The standard InChI is InChI=1S/C23H26ClN9O2S/c1-32-9-11-33(12-10-32)22-16-8-7-15(13-20(16)29-30-22)26-23-25-14-17(24)21(28-23)27-18-5-3-4-6-19(18)31-36(2,34)35/h3-8,13-14,31H,9-12H2,1-2H3,(H,29,30)(H2,25,26,27,28). The fourth-order valence-corrected chi connectivity index (χ4v) is 4.71. The summed E-state index contributed by atoms with van der Waals surface area (Å²) in [5.74, 6) is 1.62. The molecule has 1 aliphatic rings. The maximum atomic E-state index is 11.7. The van der Waals surface area contributed by atoms with Gasteiger partial charge in [0, 0.05) is 37.3 Å². The van der Waals surface area contributed by atoms with E-state index in [0.29, 0.717) is 23.1 Å². The number of aromatic nitrogens is 4. The molecule has 13 heteroatoms. The average Bonchev–Trinajstić information content (AvgIpc) is 3.25. The third kappa shape index (κ3) is 5.45. The maximum Gasteiger partial charge on any atom is 0.229 e. The van der Waals surface area contributed by atoms with Crippen molar-refractivity contribution in [3.8, 4) is 0 Å². The van der Waals surface area contributed by atoms with Gasteiger partial charge in [-0.15, -0.1) is 0 Å². The molecule has 0 unspecified atom stereocenters. The normalized spacial score (nSPS) is 14.7. The number of likely N-dealkylation sites (N-methyl/N-ethyl adjacent to an activating group) is 1. The van der Waals surface area contributed by atoms with Crippen LogP contribution >= 0.6 is 11.6 Å². The Bertz CT molecular complexity index is 1500. The van der Waals surface area contributed by atoms with Crippen LogP contribution in [0.3, 0.4) is 0 Å². The van der Waals surface area contributed by atoms with Crippen molar-refractivity contribution in [2.75, 3.05) is 59.7 Å². The molecule has 1 fully saturated rings. The van der Waals surface area contributed by atoms with E-state index in [4.69, 9.17) is 11.6 Å². The van der Waals surface area contributed by atoms with Gasteiger partial charge >= 0.3 is 0 Å². The molecule has 4 aromatic rings. The minimum absolute atomic E-state index is 0.288. The molecule has 0 atom stereocenters. The second kappa shape index (κ2) is 9.80. The first-order valence-electron chi connectivity index (χ1n) is 11.3. The fraction of sp³-hybridized carbons (Fsp3) is 0.261. The van der Waals surface area contributed by atoms with Crippen LogP contribution in [0.1, 0.15) is 0 Å². The molecule has 0 amide bonds. The summed E-state index contributed by atoms with van der Waals surface area (Å²) in [6, 6.07) is 12.8. The number of para-hydroxylation sites is 2. The number of hydrogen-bond donors (Lipinski definition) is 4. The zero-order valence-corrected chi connectivity index (χ0v) is 21.4. The number of nitrogens with one attached hydrogen (secondary N) is 4. The van der Waals surface area contributed by atoms with Gasteiger partial charge in [0.15, 0.2) is 11.6 Å². The van der Waals surface area contributed by atoms with E-state index >= 15 is 0 Å². The highest BCUT2D eigenvalue weighted by Crippen LogP contribution is 2.31. The van der Waals surface area contributed by atoms with Crippen molar-refractivity contribution >= 4 is 67.2 Å². The Hall–Kier alpha value is -3.61. The number of H-pyrrole nitrogens is 1. The van der Waals surface area contributed by atoms with Crippen molar-refractivity contribution in [1.82, 2.24) is 25.1 Å². The van der Waals surface area contributed by atoms with Crippen LogP contribution in [0.2, 0.25) is 5.02 Å². The molecule has 0 bridgehead atoms. The van der Waals surface area contributed by atoms with Crippen LogP contribution in [0, 0.1) is 0 Å². The summed E-state index contributed by atoms with van der Waals surface area (Å²) in [7, 11) is -1.33. The Morgan fingerprint density at radius 3 is 2.53 bits per heavy atom. The van der Waals surface area contributed by atoms with Crippen LogP contribution in [-0.4, -0.2) is 73.0 Å². The average molecular weight is 528 g/mol. The van der Waals surface area contributed by atoms with Crippen LogP contribution in [-0.2, 0) is 10.0 Å². The lowest BCUT2D eigenvalue weighted by molar-refractivity contribution is 0.312. The zero-order valence-electron chi connectivity index (χ0n) is 19.8. The summed E-state index contributed by atoms with van der Waals surface area (Å²) < 4.78 is 25.9. The van der Waals surface area contributed by atoms with Gasteiger partial charge < -0.3 is 20.4 Å². The van der Waals surface area contributed by atoms with Crippen LogP contribution in [0.25, 0.3) is 10.9 Å². The summed E-state index contributed by atoms with van der Waals surface area (Å²) in [6.07, 6.45) is 2.57. The summed E-state index contributed by atoms with van der Waals surface area (Å²) in [5, 5.41) is 15.3. The summed E-state index contributed by atoms with van der Waals surface area (Å²) in [6.45, 7) is 3.89. The van der Waals surface area contributed by atoms with Gasteiger partial charge in [-0.25, -0.2) is 13.4 Å². The van der Waals surface area contributed by atoms with Gasteiger partial charge in [-0.1, -0.05) is 23.7 Å². The Morgan fingerprint density at radius 1 is 1.03 bits per heavy atom. The van der Waals surface area contributed by atoms with E-state index in [9.17, 15) is 8.42 Å². The highest BCUT2D eigenvalue weighted by molar-refractivity contribution is 7.92.